The summed E-state index contributed by atoms with van der Waals surface area (Å²) in [6.45, 7) is 12.0. The predicted molar refractivity (Wildman–Crippen MR) is 152 cm³/mol. The summed E-state index contributed by atoms with van der Waals surface area (Å²) in [6, 6.07) is 8.32. The number of unbranched alkanes of at least 4 members (excludes halogenated alkanes) is 9. The van der Waals surface area contributed by atoms with Crippen LogP contribution in [0.25, 0.3) is 11.1 Å². The molecular weight excluding hydrogens is 448 g/mol. The van der Waals surface area contributed by atoms with Gasteiger partial charge in [-0.1, -0.05) is 76.8 Å². The Kier molecular flexibility index (Phi) is 14.2. The first kappa shape index (κ1) is 29.5. The lowest BCUT2D eigenvalue weighted by atomic mass is 10.1. The molecule has 0 aliphatic heterocycles. The highest BCUT2D eigenvalue weighted by molar-refractivity contribution is 6.69. The average molecular weight is 499 g/mol. The SMILES string of the molecule is CCCCCCCCCCOc1ccc(-c2cnc(CCCCCC(C)O[Si](C)(C)C)nc2)cc1. The molecule has 1 aromatic heterocycles. The normalized spacial score (nSPS) is 12.6. The molecule has 0 bridgehead atoms. The van der Waals surface area contributed by atoms with Crippen molar-refractivity contribution in [2.45, 2.75) is 123 Å². The molecule has 1 unspecified atom stereocenters. The van der Waals surface area contributed by atoms with Crippen LogP contribution in [-0.2, 0) is 10.8 Å². The first-order valence-corrected chi connectivity index (χ1v) is 17.5. The summed E-state index contributed by atoms with van der Waals surface area (Å²) in [4.78, 5) is 9.20. The summed E-state index contributed by atoms with van der Waals surface area (Å²) in [5, 5.41) is 0. The minimum absolute atomic E-state index is 0.374. The molecule has 0 fully saturated rings. The van der Waals surface area contributed by atoms with Crippen LogP contribution < -0.4 is 4.74 Å². The molecule has 196 valence electrons. The highest BCUT2D eigenvalue weighted by Gasteiger charge is 2.17. The van der Waals surface area contributed by atoms with Gasteiger partial charge in [-0.2, -0.15) is 0 Å². The van der Waals surface area contributed by atoms with Crippen LogP contribution in [0.1, 0.15) is 96.7 Å². The van der Waals surface area contributed by atoms with Crippen LogP contribution in [0.4, 0.5) is 0 Å². The van der Waals surface area contributed by atoms with Crippen molar-refractivity contribution in [1.82, 2.24) is 9.97 Å². The summed E-state index contributed by atoms with van der Waals surface area (Å²) in [7, 11) is -1.42. The Balaban J connectivity index is 1.61. The van der Waals surface area contributed by atoms with Crippen molar-refractivity contribution in [2.24, 2.45) is 0 Å². The number of hydrogen-bond donors (Lipinski definition) is 0. The van der Waals surface area contributed by atoms with Gasteiger partial charge in [0.1, 0.15) is 11.6 Å². The fourth-order valence-electron chi connectivity index (χ4n) is 4.36. The Morgan fingerprint density at radius 2 is 1.34 bits per heavy atom. The van der Waals surface area contributed by atoms with Crippen molar-refractivity contribution in [3.63, 3.8) is 0 Å². The van der Waals surface area contributed by atoms with Gasteiger partial charge in [0.15, 0.2) is 8.32 Å². The molecule has 1 heterocycles. The molecule has 0 aliphatic carbocycles. The van der Waals surface area contributed by atoms with Crippen molar-refractivity contribution in [1.29, 1.82) is 0 Å². The van der Waals surface area contributed by atoms with Gasteiger partial charge in [-0.15, -0.1) is 0 Å². The van der Waals surface area contributed by atoms with Crippen LogP contribution in [0.15, 0.2) is 36.7 Å². The second-order valence-corrected chi connectivity index (χ2v) is 15.3. The molecule has 0 spiro atoms. The van der Waals surface area contributed by atoms with E-state index in [2.05, 4.69) is 67.7 Å². The number of rotatable bonds is 19. The molecule has 1 atom stereocenters. The van der Waals surface area contributed by atoms with Crippen LogP contribution in [0.5, 0.6) is 5.75 Å². The number of nitrogens with zero attached hydrogens (tertiary/aromatic N) is 2. The minimum atomic E-state index is -1.42. The highest BCUT2D eigenvalue weighted by atomic mass is 28.4. The molecule has 0 N–H and O–H groups in total. The zero-order chi connectivity index (χ0) is 25.4. The van der Waals surface area contributed by atoms with Gasteiger partial charge < -0.3 is 9.16 Å². The highest BCUT2D eigenvalue weighted by Crippen LogP contribution is 2.22. The van der Waals surface area contributed by atoms with Gasteiger partial charge in [0.25, 0.3) is 0 Å². The second-order valence-electron chi connectivity index (χ2n) is 10.9. The summed E-state index contributed by atoms with van der Waals surface area (Å²) in [5.74, 6) is 1.88. The lowest BCUT2D eigenvalue weighted by Crippen LogP contribution is -2.30. The van der Waals surface area contributed by atoms with E-state index in [4.69, 9.17) is 9.16 Å². The first-order chi connectivity index (χ1) is 16.9. The van der Waals surface area contributed by atoms with Crippen molar-refractivity contribution in [2.75, 3.05) is 6.61 Å². The molecule has 1 aromatic carbocycles. The van der Waals surface area contributed by atoms with E-state index in [0.717, 1.165) is 55.0 Å². The van der Waals surface area contributed by atoms with E-state index < -0.39 is 8.32 Å². The summed E-state index contributed by atoms with van der Waals surface area (Å²) in [5.41, 5.74) is 2.19. The lowest BCUT2D eigenvalue weighted by molar-refractivity contribution is 0.199. The van der Waals surface area contributed by atoms with Gasteiger partial charge >= 0.3 is 0 Å². The predicted octanol–water partition coefficient (Wildman–Crippen LogP) is 9.01. The Morgan fingerprint density at radius 1 is 0.743 bits per heavy atom. The van der Waals surface area contributed by atoms with E-state index in [0.29, 0.717) is 6.10 Å². The molecule has 0 saturated heterocycles. The van der Waals surface area contributed by atoms with Crippen molar-refractivity contribution in [3.8, 4) is 16.9 Å². The van der Waals surface area contributed by atoms with Crippen LogP contribution in [0.2, 0.25) is 19.6 Å². The topological polar surface area (TPSA) is 44.2 Å². The van der Waals surface area contributed by atoms with Crippen LogP contribution in [-0.4, -0.2) is 31.0 Å². The number of aryl methyl sites for hydroxylation is 1. The van der Waals surface area contributed by atoms with E-state index in [1.807, 2.05) is 12.4 Å². The Labute approximate surface area is 216 Å². The smallest absolute Gasteiger partial charge is 0.184 e. The number of hydrogen-bond acceptors (Lipinski definition) is 4. The summed E-state index contributed by atoms with van der Waals surface area (Å²) < 4.78 is 12.0. The van der Waals surface area contributed by atoms with E-state index in [1.54, 1.807) is 0 Å². The Morgan fingerprint density at radius 3 is 1.97 bits per heavy atom. The third-order valence-corrected chi connectivity index (χ3v) is 7.33. The van der Waals surface area contributed by atoms with E-state index in [-0.39, 0.29) is 0 Å². The second kappa shape index (κ2) is 16.9. The maximum absolute atomic E-state index is 6.12. The average Bonchev–Trinajstić information content (AvgIpc) is 2.82. The fourth-order valence-corrected chi connectivity index (χ4v) is 5.68. The van der Waals surface area contributed by atoms with Crippen molar-refractivity contribution < 1.29 is 9.16 Å². The van der Waals surface area contributed by atoms with E-state index >= 15 is 0 Å². The largest absolute Gasteiger partial charge is 0.494 e. The van der Waals surface area contributed by atoms with Crippen molar-refractivity contribution >= 4 is 8.32 Å². The van der Waals surface area contributed by atoms with Crippen LogP contribution in [0.3, 0.4) is 0 Å². The van der Waals surface area contributed by atoms with Gasteiger partial charge in [-0.05, 0) is 63.5 Å². The number of ether oxygens (including phenoxy) is 1. The molecule has 0 radical (unpaired) electrons. The molecule has 0 aliphatic rings. The summed E-state index contributed by atoms with van der Waals surface area (Å²) >= 11 is 0. The molecule has 35 heavy (non-hydrogen) atoms. The monoisotopic (exact) mass is 498 g/mol. The Bertz CT molecular complexity index is 787. The van der Waals surface area contributed by atoms with E-state index in [1.165, 1.54) is 57.8 Å². The van der Waals surface area contributed by atoms with Gasteiger partial charge in [0.05, 0.1) is 6.61 Å². The third-order valence-electron chi connectivity index (χ3n) is 6.23. The molecule has 0 saturated carbocycles. The first-order valence-electron chi connectivity index (χ1n) is 14.1. The standard InChI is InChI=1S/C30H50N2O2Si/c1-6-7-8-9-10-11-12-16-23-33-29-21-19-27(20-22-29)28-24-31-30(32-25-28)18-15-13-14-17-26(2)34-35(3,4)5/h19-22,24-26H,6-18,23H2,1-5H3. The zero-order valence-electron chi connectivity index (χ0n) is 23.2. The van der Waals surface area contributed by atoms with Crippen molar-refractivity contribution in [3.05, 3.63) is 42.5 Å². The zero-order valence-corrected chi connectivity index (χ0v) is 24.2. The molecule has 0 amide bonds. The molecule has 2 aromatic rings. The van der Waals surface area contributed by atoms with Crippen LogP contribution >= 0.6 is 0 Å². The lowest BCUT2D eigenvalue weighted by Gasteiger charge is -2.23. The molecule has 2 rings (SSSR count). The number of benzene rings is 1. The maximum Gasteiger partial charge on any atom is 0.184 e. The Hall–Kier alpha value is -1.72. The van der Waals surface area contributed by atoms with Gasteiger partial charge in [-0.25, -0.2) is 9.97 Å². The third kappa shape index (κ3) is 13.8. The minimum Gasteiger partial charge on any atom is -0.494 e. The van der Waals surface area contributed by atoms with Gasteiger partial charge in [-0.3, -0.25) is 0 Å². The quantitative estimate of drug-likeness (QED) is 0.143. The van der Waals surface area contributed by atoms with Gasteiger partial charge in [0, 0.05) is 30.5 Å². The molecule has 4 nitrogen and oxygen atoms in total. The van der Waals surface area contributed by atoms with Gasteiger partial charge in [0.2, 0.25) is 0 Å². The maximum atomic E-state index is 6.12. The molecule has 5 heteroatoms. The van der Waals surface area contributed by atoms with E-state index in [9.17, 15) is 0 Å². The fraction of sp³-hybridized carbons (Fsp3) is 0.667. The molecular formula is C30H50N2O2Si. The summed E-state index contributed by atoms with van der Waals surface area (Å²) in [6.07, 6.45) is 20.4. The van der Waals surface area contributed by atoms with Crippen LogP contribution in [0, 0.1) is 0 Å². The number of aromatic nitrogens is 2.